The maximum atomic E-state index is 11.4. The summed E-state index contributed by atoms with van der Waals surface area (Å²) >= 11 is 0. The van der Waals surface area contributed by atoms with Gasteiger partial charge in [-0.05, 0) is 30.5 Å². The van der Waals surface area contributed by atoms with E-state index in [9.17, 15) is 4.79 Å². The lowest BCUT2D eigenvalue weighted by atomic mass is 10.2. The number of nitrogens with one attached hydrogen (secondary N) is 1. The molecule has 0 aliphatic heterocycles. The fourth-order valence-electron chi connectivity index (χ4n) is 1.37. The lowest BCUT2D eigenvalue weighted by Gasteiger charge is -2.09. The van der Waals surface area contributed by atoms with E-state index in [1.165, 1.54) is 0 Å². The predicted molar refractivity (Wildman–Crippen MR) is 69.1 cm³/mol. The number of carbonyl (C=O) groups excluding carboxylic acids is 1. The highest BCUT2D eigenvalue weighted by molar-refractivity contribution is 5.75. The average molecular weight is 235 g/mol. The molecule has 3 heteroatoms. The van der Waals surface area contributed by atoms with Gasteiger partial charge in [-0.25, -0.2) is 0 Å². The zero-order valence-electron chi connectivity index (χ0n) is 10.8. The van der Waals surface area contributed by atoms with Crippen LogP contribution in [0.1, 0.15) is 25.8 Å². The van der Waals surface area contributed by atoms with E-state index in [1.54, 1.807) is 0 Å². The van der Waals surface area contributed by atoms with Gasteiger partial charge in [0.1, 0.15) is 5.75 Å². The summed E-state index contributed by atoms with van der Waals surface area (Å²) in [6.07, 6.45) is 0.403. The number of hydrogen-bond donors (Lipinski definition) is 1. The van der Waals surface area contributed by atoms with Crippen molar-refractivity contribution in [2.75, 3.05) is 13.2 Å². The molecule has 0 aromatic heterocycles. The highest BCUT2D eigenvalue weighted by atomic mass is 16.5. The fourth-order valence-corrected chi connectivity index (χ4v) is 1.37. The maximum Gasteiger partial charge on any atom is 0.223 e. The highest BCUT2D eigenvalue weighted by Crippen LogP contribution is 2.12. The summed E-state index contributed by atoms with van der Waals surface area (Å²) in [5.74, 6) is 1.35. The van der Waals surface area contributed by atoms with Gasteiger partial charge in [0.25, 0.3) is 0 Å². The molecule has 0 spiro atoms. The molecule has 1 rings (SSSR count). The molecule has 0 saturated carbocycles. The van der Waals surface area contributed by atoms with Crippen LogP contribution < -0.4 is 10.1 Å². The first-order chi connectivity index (χ1) is 8.08. The van der Waals surface area contributed by atoms with Crippen LogP contribution in [-0.4, -0.2) is 19.1 Å². The van der Waals surface area contributed by atoms with Gasteiger partial charge in [-0.15, -0.1) is 0 Å². The van der Waals surface area contributed by atoms with Gasteiger partial charge in [-0.2, -0.15) is 0 Å². The van der Waals surface area contributed by atoms with Crippen LogP contribution >= 0.6 is 0 Å². The van der Waals surface area contributed by atoms with Crippen LogP contribution in [0, 0.1) is 12.8 Å². The van der Waals surface area contributed by atoms with E-state index in [0.717, 1.165) is 17.9 Å². The predicted octanol–water partition coefficient (Wildman–Crippen LogP) is 2.54. The molecule has 17 heavy (non-hydrogen) atoms. The SMILES string of the molecule is Cc1cccc(OCCC(=O)NCC(C)C)c1. The van der Waals surface area contributed by atoms with E-state index in [4.69, 9.17) is 4.74 Å². The maximum absolute atomic E-state index is 11.4. The molecule has 0 unspecified atom stereocenters. The van der Waals surface area contributed by atoms with E-state index in [-0.39, 0.29) is 5.91 Å². The molecule has 0 saturated heterocycles. The molecule has 0 aliphatic carbocycles. The molecular formula is C14H21NO2. The number of benzene rings is 1. The van der Waals surface area contributed by atoms with Crippen molar-refractivity contribution >= 4 is 5.91 Å². The van der Waals surface area contributed by atoms with Crippen LogP contribution in [0.3, 0.4) is 0 Å². The molecule has 1 amide bonds. The number of hydrogen-bond acceptors (Lipinski definition) is 2. The minimum absolute atomic E-state index is 0.0475. The Morgan fingerprint density at radius 3 is 2.82 bits per heavy atom. The van der Waals surface area contributed by atoms with Crippen LogP contribution in [0.5, 0.6) is 5.75 Å². The monoisotopic (exact) mass is 235 g/mol. The van der Waals surface area contributed by atoms with Crippen molar-refractivity contribution in [2.24, 2.45) is 5.92 Å². The van der Waals surface area contributed by atoms with E-state index >= 15 is 0 Å². The first kappa shape index (κ1) is 13.6. The molecule has 94 valence electrons. The molecule has 0 fully saturated rings. The van der Waals surface area contributed by atoms with Crippen molar-refractivity contribution in [1.82, 2.24) is 5.32 Å². The highest BCUT2D eigenvalue weighted by Gasteiger charge is 2.02. The van der Waals surface area contributed by atoms with Gasteiger partial charge in [0.15, 0.2) is 0 Å². The molecule has 3 nitrogen and oxygen atoms in total. The zero-order chi connectivity index (χ0) is 12.7. The smallest absolute Gasteiger partial charge is 0.223 e. The summed E-state index contributed by atoms with van der Waals surface area (Å²) in [6, 6.07) is 7.83. The van der Waals surface area contributed by atoms with Crippen LogP contribution in [0.15, 0.2) is 24.3 Å². The zero-order valence-corrected chi connectivity index (χ0v) is 10.8. The van der Waals surface area contributed by atoms with Crippen LogP contribution in [0.2, 0.25) is 0 Å². The Bertz CT molecular complexity index is 361. The largest absolute Gasteiger partial charge is 0.493 e. The van der Waals surface area contributed by atoms with Crippen molar-refractivity contribution in [2.45, 2.75) is 27.2 Å². The summed E-state index contributed by atoms with van der Waals surface area (Å²) in [4.78, 5) is 11.4. The number of ether oxygens (including phenoxy) is 1. The standard InChI is InChI=1S/C14H21NO2/c1-11(2)10-15-14(16)7-8-17-13-6-4-5-12(3)9-13/h4-6,9,11H,7-8,10H2,1-3H3,(H,15,16). The minimum Gasteiger partial charge on any atom is -0.493 e. The van der Waals surface area contributed by atoms with Crippen molar-refractivity contribution in [3.63, 3.8) is 0 Å². The van der Waals surface area contributed by atoms with Crippen molar-refractivity contribution in [1.29, 1.82) is 0 Å². The average Bonchev–Trinajstić information content (AvgIpc) is 2.26. The first-order valence-electron chi connectivity index (χ1n) is 6.04. The summed E-state index contributed by atoms with van der Waals surface area (Å²) in [6.45, 7) is 7.31. The summed E-state index contributed by atoms with van der Waals surface area (Å²) < 4.78 is 5.50. The van der Waals surface area contributed by atoms with Gasteiger partial charge in [-0.3, -0.25) is 4.79 Å². The van der Waals surface area contributed by atoms with Gasteiger partial charge >= 0.3 is 0 Å². The molecule has 0 heterocycles. The second kappa shape index (κ2) is 6.94. The second-order valence-electron chi connectivity index (χ2n) is 4.61. The van der Waals surface area contributed by atoms with Crippen molar-refractivity contribution in [3.05, 3.63) is 29.8 Å². The molecule has 0 aliphatic rings. The third-order valence-electron chi connectivity index (χ3n) is 2.29. The third-order valence-corrected chi connectivity index (χ3v) is 2.29. The number of carbonyl (C=O) groups is 1. The molecule has 1 N–H and O–H groups in total. The molecule has 0 bridgehead atoms. The topological polar surface area (TPSA) is 38.3 Å². The van der Waals surface area contributed by atoms with Crippen LogP contribution in [-0.2, 0) is 4.79 Å². The van der Waals surface area contributed by atoms with E-state index < -0.39 is 0 Å². The van der Waals surface area contributed by atoms with E-state index in [1.807, 2.05) is 31.2 Å². The number of rotatable bonds is 6. The Morgan fingerprint density at radius 2 is 2.18 bits per heavy atom. The van der Waals surface area contributed by atoms with Gasteiger partial charge in [-0.1, -0.05) is 26.0 Å². The minimum atomic E-state index is 0.0475. The Labute approximate surface area is 103 Å². The van der Waals surface area contributed by atoms with Crippen LogP contribution in [0.25, 0.3) is 0 Å². The number of aryl methyl sites for hydroxylation is 1. The summed E-state index contributed by atoms with van der Waals surface area (Å²) in [5.41, 5.74) is 1.16. The van der Waals surface area contributed by atoms with E-state index in [2.05, 4.69) is 19.2 Å². The Kier molecular flexibility index (Phi) is 5.53. The number of amides is 1. The molecule has 0 radical (unpaired) electrons. The first-order valence-corrected chi connectivity index (χ1v) is 6.04. The van der Waals surface area contributed by atoms with Crippen molar-refractivity contribution < 1.29 is 9.53 Å². The normalized spacial score (nSPS) is 10.4. The molecular weight excluding hydrogens is 214 g/mol. The Hall–Kier alpha value is -1.51. The summed E-state index contributed by atoms with van der Waals surface area (Å²) in [7, 11) is 0. The second-order valence-corrected chi connectivity index (χ2v) is 4.61. The quantitative estimate of drug-likeness (QED) is 0.823. The van der Waals surface area contributed by atoms with E-state index in [0.29, 0.717) is 18.9 Å². The third kappa shape index (κ3) is 5.95. The lowest BCUT2D eigenvalue weighted by Crippen LogP contribution is -2.28. The van der Waals surface area contributed by atoms with Gasteiger partial charge in [0.05, 0.1) is 13.0 Å². The fraction of sp³-hybridized carbons (Fsp3) is 0.500. The van der Waals surface area contributed by atoms with Gasteiger partial charge in [0, 0.05) is 6.54 Å². The lowest BCUT2D eigenvalue weighted by molar-refractivity contribution is -0.121. The van der Waals surface area contributed by atoms with Crippen LogP contribution in [0.4, 0.5) is 0 Å². The Morgan fingerprint density at radius 1 is 1.41 bits per heavy atom. The summed E-state index contributed by atoms with van der Waals surface area (Å²) in [5, 5.41) is 2.86. The Balaban J connectivity index is 2.21. The molecule has 0 atom stereocenters. The van der Waals surface area contributed by atoms with Crippen molar-refractivity contribution in [3.8, 4) is 5.75 Å². The molecule has 1 aromatic rings. The molecule has 1 aromatic carbocycles. The van der Waals surface area contributed by atoms with Gasteiger partial charge < -0.3 is 10.1 Å². The van der Waals surface area contributed by atoms with Gasteiger partial charge in [0.2, 0.25) is 5.91 Å².